The molecule has 3 rings (SSSR count). The van der Waals surface area contributed by atoms with E-state index in [1.165, 1.54) is 16.9 Å². The average molecular weight is 335 g/mol. The summed E-state index contributed by atoms with van der Waals surface area (Å²) in [5.74, 6) is 0.496. The van der Waals surface area contributed by atoms with Crippen LogP contribution in [0, 0.1) is 13.8 Å². The molecule has 0 radical (unpaired) electrons. The van der Waals surface area contributed by atoms with E-state index in [4.69, 9.17) is 16.6 Å². The second kappa shape index (κ2) is 5.97. The second-order valence-corrected chi connectivity index (χ2v) is 6.72. The predicted octanol–water partition coefficient (Wildman–Crippen LogP) is 5.03. The van der Waals surface area contributed by atoms with E-state index in [2.05, 4.69) is 30.0 Å². The van der Waals surface area contributed by atoms with Gasteiger partial charge in [-0.3, -0.25) is 0 Å². The van der Waals surface area contributed by atoms with Crippen LogP contribution in [0.1, 0.15) is 49.6 Å². The summed E-state index contributed by atoms with van der Waals surface area (Å²) in [5.41, 5.74) is 6.86. The first-order chi connectivity index (χ1) is 10.6. The Hall–Kier alpha value is -1.46. The van der Waals surface area contributed by atoms with Gasteiger partial charge in [-0.15, -0.1) is 11.3 Å². The predicted molar refractivity (Wildman–Crippen MR) is 91.9 cm³/mol. The summed E-state index contributed by atoms with van der Waals surface area (Å²) in [5, 5.41) is 5.20. The smallest absolute Gasteiger partial charge is 0.158 e. The maximum Gasteiger partial charge on any atom is 0.158 e. The van der Waals surface area contributed by atoms with Crippen molar-refractivity contribution in [2.45, 2.75) is 46.5 Å². The van der Waals surface area contributed by atoms with E-state index in [1.54, 1.807) is 5.51 Å². The maximum atomic E-state index is 6.23. The standard InChI is InChI=1S/C16H19ClN4S/c1-5-11(6-2)12-7-9(3)20-21-13(10(4)19-16(12)21)14-15(17)18-8-22-14/h7-8,11H,5-6H2,1-4H3. The minimum Gasteiger partial charge on any atom is -0.232 e. The largest absolute Gasteiger partial charge is 0.232 e. The van der Waals surface area contributed by atoms with Gasteiger partial charge in [-0.1, -0.05) is 25.4 Å². The SMILES string of the molecule is CCC(CC)c1cc(C)nn2c(-c3scnc3Cl)c(C)nc12. The fraction of sp³-hybridized carbons (Fsp3) is 0.438. The Bertz CT molecular complexity index is 817. The minimum absolute atomic E-state index is 0.496. The zero-order valence-corrected chi connectivity index (χ0v) is 14.8. The molecule has 3 aromatic heterocycles. The lowest BCUT2D eigenvalue weighted by atomic mass is 9.95. The molecule has 0 unspecified atom stereocenters. The summed E-state index contributed by atoms with van der Waals surface area (Å²) < 4.78 is 1.94. The second-order valence-electron chi connectivity index (χ2n) is 5.51. The highest BCUT2D eigenvalue weighted by Gasteiger charge is 2.21. The molecule has 0 saturated heterocycles. The lowest BCUT2D eigenvalue weighted by Crippen LogP contribution is -2.04. The fourth-order valence-corrected chi connectivity index (χ4v) is 4.04. The van der Waals surface area contributed by atoms with Crippen LogP contribution in [0.15, 0.2) is 11.6 Å². The van der Waals surface area contributed by atoms with Crippen molar-refractivity contribution in [2.75, 3.05) is 0 Å². The third-order valence-corrected chi connectivity index (χ3v) is 5.31. The van der Waals surface area contributed by atoms with Crippen LogP contribution in [0.4, 0.5) is 0 Å². The molecule has 0 fully saturated rings. The van der Waals surface area contributed by atoms with Crippen LogP contribution in [-0.4, -0.2) is 19.6 Å². The topological polar surface area (TPSA) is 43.1 Å². The summed E-state index contributed by atoms with van der Waals surface area (Å²) in [6, 6.07) is 2.16. The average Bonchev–Trinajstić information content (AvgIpc) is 3.03. The summed E-state index contributed by atoms with van der Waals surface area (Å²) in [4.78, 5) is 9.87. The molecule has 116 valence electrons. The number of imidazole rings is 1. The summed E-state index contributed by atoms with van der Waals surface area (Å²) in [7, 11) is 0. The lowest BCUT2D eigenvalue weighted by molar-refractivity contribution is 0.638. The molecular formula is C16H19ClN4S. The van der Waals surface area contributed by atoms with Crippen LogP contribution in [0.5, 0.6) is 0 Å². The van der Waals surface area contributed by atoms with E-state index in [0.29, 0.717) is 11.1 Å². The van der Waals surface area contributed by atoms with Crippen molar-refractivity contribution >= 4 is 28.6 Å². The zero-order valence-electron chi connectivity index (χ0n) is 13.2. The van der Waals surface area contributed by atoms with Crippen molar-refractivity contribution in [1.29, 1.82) is 0 Å². The molecule has 0 aliphatic heterocycles. The van der Waals surface area contributed by atoms with Gasteiger partial charge in [0, 0.05) is 5.56 Å². The highest BCUT2D eigenvalue weighted by molar-refractivity contribution is 7.13. The Morgan fingerprint density at radius 1 is 1.27 bits per heavy atom. The number of rotatable bonds is 4. The first kappa shape index (κ1) is 15.4. The third-order valence-electron chi connectivity index (χ3n) is 4.07. The molecule has 0 aromatic carbocycles. The molecule has 22 heavy (non-hydrogen) atoms. The van der Waals surface area contributed by atoms with E-state index < -0.39 is 0 Å². The van der Waals surface area contributed by atoms with Gasteiger partial charge in [0.05, 0.1) is 21.8 Å². The highest BCUT2D eigenvalue weighted by Crippen LogP contribution is 2.35. The number of fused-ring (bicyclic) bond motifs is 1. The summed E-state index contributed by atoms with van der Waals surface area (Å²) in [6.45, 7) is 8.47. The molecule has 3 heterocycles. The summed E-state index contributed by atoms with van der Waals surface area (Å²) >= 11 is 7.75. The number of thiazole rings is 1. The van der Waals surface area contributed by atoms with E-state index in [9.17, 15) is 0 Å². The van der Waals surface area contributed by atoms with E-state index in [0.717, 1.165) is 40.4 Å². The minimum atomic E-state index is 0.496. The normalized spacial score (nSPS) is 11.7. The third kappa shape index (κ3) is 2.42. The molecule has 0 spiro atoms. The first-order valence-electron chi connectivity index (χ1n) is 7.53. The highest BCUT2D eigenvalue weighted by atomic mass is 35.5. The van der Waals surface area contributed by atoms with E-state index in [-0.39, 0.29) is 0 Å². The van der Waals surface area contributed by atoms with Gasteiger partial charge in [-0.05, 0) is 38.7 Å². The molecule has 0 amide bonds. The van der Waals surface area contributed by atoms with Gasteiger partial charge in [-0.2, -0.15) is 5.10 Å². The van der Waals surface area contributed by atoms with Gasteiger partial charge in [-0.25, -0.2) is 14.5 Å². The zero-order chi connectivity index (χ0) is 15.9. The van der Waals surface area contributed by atoms with Gasteiger partial charge in [0.15, 0.2) is 5.65 Å². The molecule has 0 aliphatic carbocycles. The molecule has 3 aromatic rings. The van der Waals surface area contributed by atoms with Crippen LogP contribution in [0.2, 0.25) is 5.15 Å². The molecule has 6 heteroatoms. The molecule has 0 saturated carbocycles. The molecule has 0 aliphatic rings. The Morgan fingerprint density at radius 3 is 2.59 bits per heavy atom. The van der Waals surface area contributed by atoms with Gasteiger partial charge >= 0.3 is 0 Å². The monoisotopic (exact) mass is 334 g/mol. The quantitative estimate of drug-likeness (QED) is 0.672. The van der Waals surface area contributed by atoms with Gasteiger partial charge in [0.1, 0.15) is 10.8 Å². The van der Waals surface area contributed by atoms with Gasteiger partial charge in [0.25, 0.3) is 0 Å². The fourth-order valence-electron chi connectivity index (χ4n) is 2.95. The first-order valence-corrected chi connectivity index (χ1v) is 8.78. The van der Waals surface area contributed by atoms with Crippen molar-refractivity contribution in [3.63, 3.8) is 0 Å². The number of aromatic nitrogens is 4. The van der Waals surface area contributed by atoms with Crippen LogP contribution in [-0.2, 0) is 0 Å². The number of aryl methyl sites for hydroxylation is 2. The molecule has 4 nitrogen and oxygen atoms in total. The van der Waals surface area contributed by atoms with Crippen LogP contribution in [0.3, 0.4) is 0 Å². The van der Waals surface area contributed by atoms with Gasteiger partial charge < -0.3 is 0 Å². The molecular weight excluding hydrogens is 316 g/mol. The van der Waals surface area contributed by atoms with E-state index >= 15 is 0 Å². The number of halogens is 1. The van der Waals surface area contributed by atoms with Crippen molar-refractivity contribution in [2.24, 2.45) is 0 Å². The van der Waals surface area contributed by atoms with Crippen molar-refractivity contribution in [3.05, 3.63) is 33.7 Å². The Labute approximate surface area is 139 Å². The van der Waals surface area contributed by atoms with Crippen LogP contribution >= 0.6 is 22.9 Å². The Kier molecular flexibility index (Phi) is 4.19. The molecule has 0 N–H and O–H groups in total. The van der Waals surface area contributed by atoms with Gasteiger partial charge in [0.2, 0.25) is 0 Å². The van der Waals surface area contributed by atoms with Crippen LogP contribution in [0.25, 0.3) is 16.2 Å². The van der Waals surface area contributed by atoms with E-state index in [1.807, 2.05) is 18.4 Å². The number of hydrogen-bond acceptors (Lipinski definition) is 4. The summed E-state index contributed by atoms with van der Waals surface area (Å²) in [6.07, 6.45) is 2.19. The van der Waals surface area contributed by atoms with Crippen molar-refractivity contribution in [3.8, 4) is 10.6 Å². The molecule has 0 atom stereocenters. The van der Waals surface area contributed by atoms with Crippen LogP contribution < -0.4 is 0 Å². The van der Waals surface area contributed by atoms with Crippen molar-refractivity contribution in [1.82, 2.24) is 19.6 Å². The Balaban J connectivity index is 2.33. The molecule has 0 bridgehead atoms. The lowest BCUT2D eigenvalue weighted by Gasteiger charge is -2.14. The Morgan fingerprint density at radius 2 is 2.00 bits per heavy atom. The number of hydrogen-bond donors (Lipinski definition) is 0. The maximum absolute atomic E-state index is 6.23. The van der Waals surface area contributed by atoms with Crippen molar-refractivity contribution < 1.29 is 0 Å². The number of nitrogens with zero attached hydrogens (tertiary/aromatic N) is 4.